The number of piperidine rings is 1. The highest BCUT2D eigenvalue weighted by Gasteiger charge is 2.28. The maximum absolute atomic E-state index is 12.8. The molecule has 0 aromatic heterocycles. The molecule has 4 rings (SSSR count). The lowest BCUT2D eigenvalue weighted by molar-refractivity contribution is 0.0734. The van der Waals surface area contributed by atoms with Gasteiger partial charge in [-0.05, 0) is 60.7 Å². The smallest absolute Gasteiger partial charge is 0.343 e. The molecule has 2 aliphatic heterocycles. The fraction of sp³-hybridized carbons (Fsp3) is 0.409. The Labute approximate surface area is 186 Å². The molecule has 0 saturated carbocycles. The van der Waals surface area contributed by atoms with E-state index >= 15 is 0 Å². The molecular formula is C22H25NO4S3. The van der Waals surface area contributed by atoms with Crippen molar-refractivity contribution in [2.45, 2.75) is 29.2 Å². The fourth-order valence-electron chi connectivity index (χ4n) is 3.55. The Morgan fingerprint density at radius 3 is 2.17 bits per heavy atom. The molecule has 0 radical (unpaired) electrons. The zero-order chi connectivity index (χ0) is 21.1. The number of ether oxygens (including phenoxy) is 1. The second-order valence-electron chi connectivity index (χ2n) is 7.64. The van der Waals surface area contributed by atoms with Crippen LogP contribution >= 0.6 is 23.5 Å². The third-order valence-corrected chi connectivity index (χ3v) is 10.5. The number of hydrogen-bond donors (Lipinski definition) is 0. The van der Waals surface area contributed by atoms with Crippen LogP contribution in [0.4, 0.5) is 0 Å². The Bertz CT molecular complexity index is 976. The van der Waals surface area contributed by atoms with Crippen molar-refractivity contribution in [1.29, 1.82) is 0 Å². The maximum atomic E-state index is 12.8. The van der Waals surface area contributed by atoms with Gasteiger partial charge in [0.1, 0.15) is 5.75 Å². The summed E-state index contributed by atoms with van der Waals surface area (Å²) < 4.78 is 33.1. The molecule has 2 aromatic carbocycles. The first-order valence-electron chi connectivity index (χ1n) is 10.1. The number of carbonyl (C=O) groups is 1. The van der Waals surface area contributed by atoms with Gasteiger partial charge in [0.15, 0.2) is 0 Å². The number of esters is 1. The lowest BCUT2D eigenvalue weighted by Gasteiger charge is -2.29. The van der Waals surface area contributed by atoms with Crippen LogP contribution < -0.4 is 4.74 Å². The molecule has 5 nitrogen and oxygen atoms in total. The predicted molar refractivity (Wildman–Crippen MR) is 123 cm³/mol. The number of thioether (sulfide) groups is 2. The molecule has 2 saturated heterocycles. The number of carbonyl (C=O) groups excluding carboxylic acids is 1. The summed E-state index contributed by atoms with van der Waals surface area (Å²) in [4.78, 5) is 12.7. The minimum Gasteiger partial charge on any atom is -0.423 e. The van der Waals surface area contributed by atoms with Crippen LogP contribution in [0.15, 0.2) is 53.4 Å². The van der Waals surface area contributed by atoms with E-state index < -0.39 is 16.0 Å². The van der Waals surface area contributed by atoms with E-state index in [1.165, 1.54) is 34.1 Å². The third-order valence-electron chi connectivity index (χ3n) is 5.45. The first kappa shape index (κ1) is 21.7. The van der Waals surface area contributed by atoms with Crippen molar-refractivity contribution in [3.05, 3.63) is 59.7 Å². The Kier molecular flexibility index (Phi) is 6.77. The van der Waals surface area contributed by atoms with Crippen LogP contribution in [-0.2, 0) is 10.0 Å². The molecule has 0 aliphatic carbocycles. The summed E-state index contributed by atoms with van der Waals surface area (Å²) in [5.41, 5.74) is 1.55. The monoisotopic (exact) mass is 463 g/mol. The van der Waals surface area contributed by atoms with Crippen molar-refractivity contribution in [3.63, 3.8) is 0 Å². The molecule has 0 atom stereocenters. The van der Waals surface area contributed by atoms with E-state index in [4.69, 9.17) is 4.74 Å². The quantitative estimate of drug-likeness (QED) is 0.469. The highest BCUT2D eigenvalue weighted by molar-refractivity contribution is 8.19. The average Bonchev–Trinajstić information content (AvgIpc) is 3.30. The zero-order valence-corrected chi connectivity index (χ0v) is 19.3. The first-order chi connectivity index (χ1) is 14.4. The van der Waals surface area contributed by atoms with Crippen molar-refractivity contribution in [2.75, 3.05) is 24.6 Å². The Morgan fingerprint density at radius 1 is 0.967 bits per heavy atom. The van der Waals surface area contributed by atoms with E-state index in [0.29, 0.717) is 34.9 Å². The van der Waals surface area contributed by atoms with Crippen molar-refractivity contribution in [1.82, 2.24) is 4.31 Å². The number of rotatable bonds is 5. The molecule has 0 unspecified atom stereocenters. The average molecular weight is 464 g/mol. The van der Waals surface area contributed by atoms with Crippen LogP contribution in [0, 0.1) is 5.92 Å². The Hall–Kier alpha value is -1.48. The van der Waals surface area contributed by atoms with Gasteiger partial charge in [0.05, 0.1) is 15.0 Å². The molecule has 0 spiro atoms. The standard InChI is InChI=1S/C22H25NO4S3/c1-16-10-12-23(13-11-16)30(25,26)20-8-4-17(5-9-20)21(24)27-19-6-2-18(3-7-19)22-28-14-15-29-22/h2-9,16,22H,10-15H2,1H3. The molecule has 2 heterocycles. The highest BCUT2D eigenvalue weighted by Crippen LogP contribution is 2.45. The van der Waals surface area contributed by atoms with Crippen molar-refractivity contribution < 1.29 is 17.9 Å². The molecular weight excluding hydrogens is 438 g/mol. The van der Waals surface area contributed by atoms with E-state index in [9.17, 15) is 13.2 Å². The van der Waals surface area contributed by atoms with Gasteiger partial charge in [-0.15, -0.1) is 23.5 Å². The number of benzene rings is 2. The van der Waals surface area contributed by atoms with E-state index in [2.05, 4.69) is 6.92 Å². The second-order valence-corrected chi connectivity index (χ2v) is 12.3. The number of sulfonamides is 1. The summed E-state index contributed by atoms with van der Waals surface area (Å²) in [6.07, 6.45) is 1.75. The van der Waals surface area contributed by atoms with Gasteiger partial charge in [-0.2, -0.15) is 4.31 Å². The van der Waals surface area contributed by atoms with E-state index in [0.717, 1.165) is 24.3 Å². The van der Waals surface area contributed by atoms with Crippen molar-refractivity contribution >= 4 is 39.5 Å². The Balaban J connectivity index is 1.40. The van der Waals surface area contributed by atoms with Crippen LogP contribution in [0.5, 0.6) is 5.75 Å². The maximum Gasteiger partial charge on any atom is 0.343 e. The Morgan fingerprint density at radius 2 is 1.57 bits per heavy atom. The number of nitrogens with zero attached hydrogens (tertiary/aromatic N) is 1. The summed E-state index contributed by atoms with van der Waals surface area (Å²) in [5, 5.41) is 0. The van der Waals surface area contributed by atoms with Gasteiger partial charge in [-0.1, -0.05) is 19.1 Å². The highest BCUT2D eigenvalue weighted by atomic mass is 32.2. The number of hydrogen-bond acceptors (Lipinski definition) is 6. The molecule has 2 aromatic rings. The zero-order valence-electron chi connectivity index (χ0n) is 16.8. The summed E-state index contributed by atoms with van der Waals surface area (Å²) in [5.74, 6) is 2.86. The molecule has 0 N–H and O–H groups in total. The minimum atomic E-state index is -3.52. The van der Waals surface area contributed by atoms with Gasteiger partial charge < -0.3 is 4.74 Å². The lowest BCUT2D eigenvalue weighted by Crippen LogP contribution is -2.37. The van der Waals surface area contributed by atoms with E-state index in [-0.39, 0.29) is 4.90 Å². The lowest BCUT2D eigenvalue weighted by atomic mass is 10.0. The summed E-state index contributed by atoms with van der Waals surface area (Å²) in [6.45, 7) is 3.23. The molecule has 2 fully saturated rings. The SMILES string of the molecule is CC1CCN(S(=O)(=O)c2ccc(C(=O)Oc3ccc(C4SCCS4)cc3)cc2)CC1. The molecule has 160 valence electrons. The first-order valence-corrected chi connectivity index (χ1v) is 13.6. The minimum absolute atomic E-state index is 0.213. The third kappa shape index (κ3) is 4.88. The topological polar surface area (TPSA) is 63.7 Å². The van der Waals surface area contributed by atoms with Crippen LogP contribution in [-0.4, -0.2) is 43.3 Å². The van der Waals surface area contributed by atoms with Gasteiger partial charge in [-0.25, -0.2) is 13.2 Å². The van der Waals surface area contributed by atoms with Gasteiger partial charge in [0.25, 0.3) is 0 Å². The van der Waals surface area contributed by atoms with Crippen molar-refractivity contribution in [3.8, 4) is 5.75 Å². The molecule has 8 heteroatoms. The largest absolute Gasteiger partial charge is 0.423 e. The molecule has 30 heavy (non-hydrogen) atoms. The van der Waals surface area contributed by atoms with Gasteiger partial charge in [0, 0.05) is 24.6 Å². The van der Waals surface area contributed by atoms with Gasteiger partial charge in [-0.3, -0.25) is 0 Å². The second kappa shape index (κ2) is 9.34. The summed E-state index contributed by atoms with van der Waals surface area (Å²) >= 11 is 3.86. The van der Waals surface area contributed by atoms with Crippen LogP contribution in [0.2, 0.25) is 0 Å². The van der Waals surface area contributed by atoms with Crippen LogP contribution in [0.25, 0.3) is 0 Å². The van der Waals surface area contributed by atoms with E-state index in [1.54, 1.807) is 0 Å². The van der Waals surface area contributed by atoms with Crippen molar-refractivity contribution in [2.24, 2.45) is 5.92 Å². The molecule has 0 amide bonds. The van der Waals surface area contributed by atoms with Gasteiger partial charge in [0.2, 0.25) is 10.0 Å². The molecule has 0 bridgehead atoms. The summed E-state index contributed by atoms with van der Waals surface area (Å²) in [7, 11) is -3.52. The van der Waals surface area contributed by atoms with Crippen LogP contribution in [0.1, 0.15) is 40.3 Å². The predicted octanol–water partition coefficient (Wildman–Crippen LogP) is 4.81. The van der Waals surface area contributed by atoms with E-state index in [1.807, 2.05) is 47.8 Å². The normalized spacial score (nSPS) is 19.1. The van der Waals surface area contributed by atoms with Gasteiger partial charge >= 0.3 is 5.97 Å². The summed E-state index contributed by atoms with van der Waals surface area (Å²) in [6, 6.07) is 13.6. The van der Waals surface area contributed by atoms with Crippen LogP contribution in [0.3, 0.4) is 0 Å². The fourth-order valence-corrected chi connectivity index (χ4v) is 7.88. The molecule has 2 aliphatic rings.